The number of hydrogen-bond donors (Lipinski definition) is 2. The van der Waals surface area contributed by atoms with Crippen molar-refractivity contribution in [3.8, 4) is 5.75 Å². The zero-order chi connectivity index (χ0) is 19.3. The quantitative estimate of drug-likeness (QED) is 0.760. The fraction of sp³-hybridized carbons (Fsp3) is 0.333. The van der Waals surface area contributed by atoms with Crippen molar-refractivity contribution in [1.82, 2.24) is 0 Å². The number of carbonyl (C=O) groups is 2. The Hall–Kier alpha value is -2.82. The fourth-order valence-electron chi connectivity index (χ4n) is 2.47. The van der Waals surface area contributed by atoms with Gasteiger partial charge in [0.05, 0.1) is 6.61 Å². The van der Waals surface area contributed by atoms with E-state index >= 15 is 0 Å². The minimum atomic E-state index is -1.23. The van der Waals surface area contributed by atoms with Gasteiger partial charge in [0.15, 0.2) is 0 Å². The first-order valence-corrected chi connectivity index (χ1v) is 8.67. The Bertz CT molecular complexity index is 775. The Labute approximate surface area is 154 Å². The maximum absolute atomic E-state index is 12.7. The molecular formula is C21H26N2O3. The van der Waals surface area contributed by atoms with Gasteiger partial charge in [-0.05, 0) is 70.0 Å². The van der Waals surface area contributed by atoms with Crippen LogP contribution in [0.5, 0.6) is 5.75 Å². The molecule has 0 saturated heterocycles. The van der Waals surface area contributed by atoms with Gasteiger partial charge in [0, 0.05) is 11.4 Å². The van der Waals surface area contributed by atoms with Crippen molar-refractivity contribution in [2.75, 3.05) is 17.2 Å². The summed E-state index contributed by atoms with van der Waals surface area (Å²) >= 11 is 0. The van der Waals surface area contributed by atoms with Crippen LogP contribution < -0.4 is 15.4 Å². The highest BCUT2D eigenvalue weighted by Gasteiger charge is 2.36. The molecule has 0 aliphatic rings. The topological polar surface area (TPSA) is 67.4 Å². The van der Waals surface area contributed by atoms with E-state index < -0.39 is 5.41 Å². The molecule has 0 fully saturated rings. The van der Waals surface area contributed by atoms with Crippen LogP contribution in [0.4, 0.5) is 11.4 Å². The SMILES string of the molecule is CCOc1ccc(NC(=O)C(C)(C)C(=O)Nc2c(C)cccc2C)cc1. The molecular weight excluding hydrogens is 328 g/mol. The third-order valence-corrected chi connectivity index (χ3v) is 4.28. The highest BCUT2D eigenvalue weighted by molar-refractivity contribution is 6.14. The van der Waals surface area contributed by atoms with Gasteiger partial charge in [-0.3, -0.25) is 9.59 Å². The Morgan fingerprint density at radius 1 is 0.923 bits per heavy atom. The number of benzene rings is 2. The zero-order valence-corrected chi connectivity index (χ0v) is 16.0. The monoisotopic (exact) mass is 354 g/mol. The molecule has 0 saturated carbocycles. The van der Waals surface area contributed by atoms with E-state index in [0.717, 1.165) is 22.6 Å². The van der Waals surface area contributed by atoms with Crippen LogP contribution in [0.2, 0.25) is 0 Å². The summed E-state index contributed by atoms with van der Waals surface area (Å²) in [6.07, 6.45) is 0. The molecule has 0 atom stereocenters. The van der Waals surface area contributed by atoms with Crippen molar-refractivity contribution < 1.29 is 14.3 Å². The van der Waals surface area contributed by atoms with Crippen LogP contribution in [0.3, 0.4) is 0 Å². The number of aryl methyl sites for hydroxylation is 2. The van der Waals surface area contributed by atoms with Gasteiger partial charge in [-0.25, -0.2) is 0 Å². The normalized spacial score (nSPS) is 11.0. The second kappa shape index (κ2) is 8.04. The molecule has 138 valence electrons. The number of rotatable bonds is 6. The Balaban J connectivity index is 2.09. The van der Waals surface area contributed by atoms with E-state index in [0.29, 0.717) is 12.3 Å². The molecule has 5 nitrogen and oxygen atoms in total. The Kier molecular flexibility index (Phi) is 6.03. The largest absolute Gasteiger partial charge is 0.494 e. The first-order chi connectivity index (χ1) is 12.3. The van der Waals surface area contributed by atoms with Crippen LogP contribution >= 0.6 is 0 Å². The van der Waals surface area contributed by atoms with Gasteiger partial charge in [0.1, 0.15) is 11.2 Å². The van der Waals surface area contributed by atoms with Crippen LogP contribution in [0.25, 0.3) is 0 Å². The van der Waals surface area contributed by atoms with E-state index in [1.54, 1.807) is 38.1 Å². The summed E-state index contributed by atoms with van der Waals surface area (Å²) < 4.78 is 5.38. The summed E-state index contributed by atoms with van der Waals surface area (Å²) in [7, 11) is 0. The van der Waals surface area contributed by atoms with Crippen molar-refractivity contribution in [2.45, 2.75) is 34.6 Å². The molecule has 2 rings (SSSR count). The van der Waals surface area contributed by atoms with Gasteiger partial charge in [-0.1, -0.05) is 18.2 Å². The first kappa shape index (κ1) is 19.5. The summed E-state index contributed by atoms with van der Waals surface area (Å²) in [6.45, 7) is 9.56. The van der Waals surface area contributed by atoms with Gasteiger partial charge in [-0.2, -0.15) is 0 Å². The molecule has 2 aromatic rings. The lowest BCUT2D eigenvalue weighted by atomic mass is 9.90. The lowest BCUT2D eigenvalue weighted by molar-refractivity contribution is -0.135. The molecule has 0 aliphatic carbocycles. The van der Waals surface area contributed by atoms with Crippen molar-refractivity contribution in [3.05, 3.63) is 53.6 Å². The average molecular weight is 354 g/mol. The number of amides is 2. The van der Waals surface area contributed by atoms with Crippen molar-refractivity contribution >= 4 is 23.2 Å². The van der Waals surface area contributed by atoms with E-state index in [2.05, 4.69) is 10.6 Å². The molecule has 0 heterocycles. The number of carbonyl (C=O) groups excluding carboxylic acids is 2. The molecule has 2 aromatic carbocycles. The predicted octanol–water partition coefficient (Wildman–Crippen LogP) is 4.31. The van der Waals surface area contributed by atoms with Gasteiger partial charge < -0.3 is 15.4 Å². The summed E-state index contributed by atoms with van der Waals surface area (Å²) in [5.74, 6) is 0.0151. The number of nitrogens with one attached hydrogen (secondary N) is 2. The summed E-state index contributed by atoms with van der Waals surface area (Å²) in [5, 5.41) is 5.68. The second-order valence-corrected chi connectivity index (χ2v) is 6.76. The van der Waals surface area contributed by atoms with Gasteiger partial charge >= 0.3 is 0 Å². The van der Waals surface area contributed by atoms with Crippen molar-refractivity contribution in [2.24, 2.45) is 5.41 Å². The minimum absolute atomic E-state index is 0.349. The van der Waals surface area contributed by atoms with Crippen LogP contribution in [-0.2, 0) is 9.59 Å². The lowest BCUT2D eigenvalue weighted by Crippen LogP contribution is -2.41. The molecule has 0 radical (unpaired) electrons. The van der Waals surface area contributed by atoms with Crippen LogP contribution in [0.15, 0.2) is 42.5 Å². The molecule has 26 heavy (non-hydrogen) atoms. The molecule has 5 heteroatoms. The minimum Gasteiger partial charge on any atom is -0.494 e. The van der Waals surface area contributed by atoms with E-state index in [1.807, 2.05) is 39.0 Å². The molecule has 0 aromatic heterocycles. The number of ether oxygens (including phenoxy) is 1. The van der Waals surface area contributed by atoms with Gasteiger partial charge in [-0.15, -0.1) is 0 Å². The zero-order valence-electron chi connectivity index (χ0n) is 16.0. The van der Waals surface area contributed by atoms with Crippen LogP contribution in [0, 0.1) is 19.3 Å². The molecule has 0 bridgehead atoms. The smallest absolute Gasteiger partial charge is 0.239 e. The molecule has 0 aliphatic heterocycles. The standard InChI is InChI=1S/C21H26N2O3/c1-6-26-17-12-10-16(11-13-17)22-19(24)21(4,5)20(25)23-18-14(2)8-7-9-15(18)3/h7-13H,6H2,1-5H3,(H,22,24)(H,23,25). The Morgan fingerprint density at radius 3 is 2.00 bits per heavy atom. The van der Waals surface area contributed by atoms with Gasteiger partial charge in [0.2, 0.25) is 11.8 Å². The van der Waals surface area contributed by atoms with Crippen LogP contribution in [0.1, 0.15) is 31.9 Å². The van der Waals surface area contributed by atoms with E-state index in [9.17, 15) is 9.59 Å². The third kappa shape index (κ3) is 4.42. The average Bonchev–Trinajstić information content (AvgIpc) is 2.60. The Morgan fingerprint density at radius 2 is 1.46 bits per heavy atom. The predicted molar refractivity (Wildman–Crippen MR) is 105 cm³/mol. The van der Waals surface area contributed by atoms with E-state index in [1.165, 1.54) is 0 Å². The first-order valence-electron chi connectivity index (χ1n) is 8.67. The van der Waals surface area contributed by atoms with Gasteiger partial charge in [0.25, 0.3) is 0 Å². The second-order valence-electron chi connectivity index (χ2n) is 6.76. The fourth-order valence-corrected chi connectivity index (χ4v) is 2.47. The van der Waals surface area contributed by atoms with E-state index in [4.69, 9.17) is 4.74 Å². The summed E-state index contributed by atoms with van der Waals surface area (Å²) in [4.78, 5) is 25.4. The lowest BCUT2D eigenvalue weighted by Gasteiger charge is -2.24. The molecule has 0 unspecified atom stereocenters. The van der Waals surface area contributed by atoms with Crippen molar-refractivity contribution in [1.29, 1.82) is 0 Å². The highest BCUT2D eigenvalue weighted by Crippen LogP contribution is 2.25. The highest BCUT2D eigenvalue weighted by atomic mass is 16.5. The van der Waals surface area contributed by atoms with E-state index in [-0.39, 0.29) is 11.8 Å². The van der Waals surface area contributed by atoms with Crippen molar-refractivity contribution in [3.63, 3.8) is 0 Å². The maximum atomic E-state index is 12.7. The molecule has 2 amide bonds. The number of anilines is 2. The number of para-hydroxylation sites is 1. The summed E-state index contributed by atoms with van der Waals surface area (Å²) in [6, 6.07) is 12.9. The van der Waals surface area contributed by atoms with Crippen LogP contribution in [-0.4, -0.2) is 18.4 Å². The third-order valence-electron chi connectivity index (χ3n) is 4.28. The summed E-state index contributed by atoms with van der Waals surface area (Å²) in [5.41, 5.74) is 2.06. The molecule has 2 N–H and O–H groups in total. The maximum Gasteiger partial charge on any atom is 0.239 e. The number of hydrogen-bond acceptors (Lipinski definition) is 3. The molecule has 0 spiro atoms.